The van der Waals surface area contributed by atoms with Gasteiger partial charge in [0, 0.05) is 23.9 Å². The van der Waals surface area contributed by atoms with Gasteiger partial charge >= 0.3 is 0 Å². The third-order valence-electron chi connectivity index (χ3n) is 3.02. The van der Waals surface area contributed by atoms with E-state index in [1.54, 1.807) is 32.2 Å². The van der Waals surface area contributed by atoms with E-state index in [0.717, 1.165) is 0 Å². The van der Waals surface area contributed by atoms with Gasteiger partial charge in [0.2, 0.25) is 0 Å². The highest BCUT2D eigenvalue weighted by molar-refractivity contribution is 5.21. The zero-order valence-electron chi connectivity index (χ0n) is 10.9. The predicted octanol–water partition coefficient (Wildman–Crippen LogP) is 1.65. The van der Waals surface area contributed by atoms with Crippen LogP contribution in [-0.4, -0.2) is 16.6 Å². The van der Waals surface area contributed by atoms with Crippen LogP contribution in [0.5, 0.6) is 0 Å². The number of nitrogens with one attached hydrogen (secondary N) is 1. The van der Waals surface area contributed by atoms with Crippen LogP contribution in [0.3, 0.4) is 0 Å². The van der Waals surface area contributed by atoms with Crippen LogP contribution >= 0.6 is 0 Å². The summed E-state index contributed by atoms with van der Waals surface area (Å²) in [6.45, 7) is 2.10. The summed E-state index contributed by atoms with van der Waals surface area (Å²) >= 11 is 0. The summed E-state index contributed by atoms with van der Waals surface area (Å²) < 4.78 is 15.2. The maximum Gasteiger partial charge on any atom is 0.253 e. The van der Waals surface area contributed by atoms with Crippen molar-refractivity contribution in [3.63, 3.8) is 0 Å². The Morgan fingerprint density at radius 2 is 2.16 bits per heavy atom. The van der Waals surface area contributed by atoms with Gasteiger partial charge in [0.15, 0.2) is 0 Å². The lowest BCUT2D eigenvalue weighted by atomic mass is 10.1. The SMILES string of the molecule is CNC(Cn1cnc(C)cc1=O)c1ccccc1F. The average molecular weight is 261 g/mol. The Morgan fingerprint density at radius 3 is 2.79 bits per heavy atom. The second-order valence-electron chi connectivity index (χ2n) is 4.38. The van der Waals surface area contributed by atoms with Gasteiger partial charge in [0.1, 0.15) is 5.82 Å². The van der Waals surface area contributed by atoms with Crippen LogP contribution in [0.4, 0.5) is 4.39 Å². The maximum atomic E-state index is 13.8. The number of aryl methyl sites for hydroxylation is 1. The van der Waals surface area contributed by atoms with E-state index in [2.05, 4.69) is 10.3 Å². The highest BCUT2D eigenvalue weighted by Gasteiger charge is 2.14. The molecule has 100 valence electrons. The number of hydrogen-bond donors (Lipinski definition) is 1. The molecule has 0 radical (unpaired) electrons. The van der Waals surface area contributed by atoms with Gasteiger partial charge in [-0.15, -0.1) is 0 Å². The van der Waals surface area contributed by atoms with Crippen molar-refractivity contribution in [1.29, 1.82) is 0 Å². The van der Waals surface area contributed by atoms with Crippen molar-refractivity contribution in [3.8, 4) is 0 Å². The Labute approximate surface area is 110 Å². The molecule has 0 aliphatic heterocycles. The Kier molecular flexibility index (Phi) is 4.06. The minimum Gasteiger partial charge on any atom is -0.311 e. The standard InChI is InChI=1S/C14H16FN3O/c1-10-7-14(19)18(9-17-10)8-13(16-2)11-5-3-4-6-12(11)15/h3-7,9,13,16H,8H2,1-2H3. The van der Waals surface area contributed by atoms with Gasteiger partial charge in [-0.25, -0.2) is 9.37 Å². The zero-order chi connectivity index (χ0) is 13.8. The molecule has 19 heavy (non-hydrogen) atoms. The zero-order valence-corrected chi connectivity index (χ0v) is 10.9. The van der Waals surface area contributed by atoms with Crippen molar-refractivity contribution in [2.45, 2.75) is 19.5 Å². The van der Waals surface area contributed by atoms with Gasteiger partial charge in [-0.05, 0) is 20.0 Å². The van der Waals surface area contributed by atoms with Crippen molar-refractivity contribution in [3.05, 3.63) is 64.1 Å². The van der Waals surface area contributed by atoms with E-state index < -0.39 is 0 Å². The summed E-state index contributed by atoms with van der Waals surface area (Å²) in [7, 11) is 1.74. The predicted molar refractivity (Wildman–Crippen MR) is 71.4 cm³/mol. The van der Waals surface area contributed by atoms with Crippen LogP contribution in [0.2, 0.25) is 0 Å². The number of rotatable bonds is 4. The van der Waals surface area contributed by atoms with E-state index in [1.165, 1.54) is 23.0 Å². The number of aromatic nitrogens is 2. The van der Waals surface area contributed by atoms with Gasteiger partial charge in [-0.1, -0.05) is 18.2 Å². The molecule has 1 atom stereocenters. The third kappa shape index (κ3) is 3.06. The number of benzene rings is 1. The first-order chi connectivity index (χ1) is 9.11. The molecule has 2 aromatic rings. The summed E-state index contributed by atoms with van der Waals surface area (Å²) in [5, 5.41) is 3.02. The van der Waals surface area contributed by atoms with Crippen molar-refractivity contribution in [2.24, 2.45) is 0 Å². The second kappa shape index (κ2) is 5.75. The lowest BCUT2D eigenvalue weighted by molar-refractivity contribution is 0.463. The molecule has 0 spiro atoms. The molecule has 0 bridgehead atoms. The first-order valence-electron chi connectivity index (χ1n) is 6.06. The maximum absolute atomic E-state index is 13.8. The molecule has 0 saturated carbocycles. The van der Waals surface area contributed by atoms with Crippen molar-refractivity contribution in [2.75, 3.05) is 7.05 Å². The normalized spacial score (nSPS) is 12.4. The summed E-state index contributed by atoms with van der Waals surface area (Å²) in [5.74, 6) is -0.282. The fourth-order valence-electron chi connectivity index (χ4n) is 1.95. The van der Waals surface area contributed by atoms with Crippen LogP contribution in [0.25, 0.3) is 0 Å². The van der Waals surface area contributed by atoms with Crippen molar-refractivity contribution < 1.29 is 4.39 Å². The second-order valence-corrected chi connectivity index (χ2v) is 4.38. The van der Waals surface area contributed by atoms with Crippen LogP contribution in [0, 0.1) is 12.7 Å². The van der Waals surface area contributed by atoms with E-state index in [9.17, 15) is 9.18 Å². The molecule has 1 aromatic carbocycles. The molecule has 0 aliphatic rings. The van der Waals surface area contributed by atoms with Gasteiger partial charge in [-0.2, -0.15) is 0 Å². The molecule has 4 nitrogen and oxygen atoms in total. The van der Waals surface area contributed by atoms with E-state index in [-0.39, 0.29) is 17.4 Å². The Hall–Kier alpha value is -2.01. The lowest BCUT2D eigenvalue weighted by Crippen LogP contribution is -2.29. The third-order valence-corrected chi connectivity index (χ3v) is 3.02. The minimum absolute atomic E-state index is 0.135. The quantitative estimate of drug-likeness (QED) is 0.910. The summed E-state index contributed by atoms with van der Waals surface area (Å²) in [6.07, 6.45) is 1.49. The van der Waals surface area contributed by atoms with Gasteiger partial charge in [0.25, 0.3) is 5.56 Å². The molecule has 2 rings (SSSR count). The van der Waals surface area contributed by atoms with Gasteiger partial charge < -0.3 is 5.32 Å². The molecule has 0 aliphatic carbocycles. The molecule has 1 aromatic heterocycles. The topological polar surface area (TPSA) is 46.9 Å². The number of nitrogens with zero attached hydrogens (tertiary/aromatic N) is 2. The molecule has 1 unspecified atom stereocenters. The monoisotopic (exact) mass is 261 g/mol. The fraction of sp³-hybridized carbons (Fsp3) is 0.286. The van der Waals surface area contributed by atoms with E-state index in [1.807, 2.05) is 0 Å². The Morgan fingerprint density at radius 1 is 1.42 bits per heavy atom. The van der Waals surface area contributed by atoms with Crippen LogP contribution in [0.15, 0.2) is 41.5 Å². The lowest BCUT2D eigenvalue weighted by Gasteiger charge is -2.18. The number of halogens is 1. The van der Waals surface area contributed by atoms with Crippen LogP contribution in [-0.2, 0) is 6.54 Å². The summed E-state index contributed by atoms with van der Waals surface area (Å²) in [5.41, 5.74) is 1.08. The molecular weight excluding hydrogens is 245 g/mol. The smallest absolute Gasteiger partial charge is 0.253 e. The van der Waals surface area contributed by atoms with E-state index >= 15 is 0 Å². The number of likely N-dealkylation sites (N-methyl/N-ethyl adjacent to an activating group) is 1. The first-order valence-corrected chi connectivity index (χ1v) is 6.06. The molecular formula is C14H16FN3O. The van der Waals surface area contributed by atoms with Crippen molar-refractivity contribution >= 4 is 0 Å². The van der Waals surface area contributed by atoms with Crippen molar-refractivity contribution in [1.82, 2.24) is 14.9 Å². The average Bonchev–Trinajstić information content (AvgIpc) is 2.39. The van der Waals surface area contributed by atoms with Gasteiger partial charge in [-0.3, -0.25) is 9.36 Å². The summed E-state index contributed by atoms with van der Waals surface area (Å²) in [4.78, 5) is 15.9. The van der Waals surface area contributed by atoms with E-state index in [0.29, 0.717) is 17.8 Å². The minimum atomic E-state index is -0.282. The highest BCUT2D eigenvalue weighted by Crippen LogP contribution is 2.17. The highest BCUT2D eigenvalue weighted by atomic mass is 19.1. The largest absolute Gasteiger partial charge is 0.311 e. The molecule has 0 saturated heterocycles. The van der Waals surface area contributed by atoms with Crippen LogP contribution < -0.4 is 10.9 Å². The summed E-state index contributed by atoms with van der Waals surface area (Å²) in [6, 6.07) is 7.74. The molecule has 0 amide bonds. The molecule has 1 N–H and O–H groups in total. The molecule has 1 heterocycles. The Bertz CT molecular complexity index is 624. The fourth-order valence-corrected chi connectivity index (χ4v) is 1.95. The van der Waals surface area contributed by atoms with E-state index in [4.69, 9.17) is 0 Å². The molecule has 0 fully saturated rings. The number of hydrogen-bond acceptors (Lipinski definition) is 3. The van der Waals surface area contributed by atoms with Crippen LogP contribution in [0.1, 0.15) is 17.3 Å². The van der Waals surface area contributed by atoms with Gasteiger partial charge in [0.05, 0.1) is 12.4 Å². The first kappa shape index (κ1) is 13.4. The Balaban J connectivity index is 2.29. The molecule has 5 heteroatoms.